The molecule has 0 amide bonds. The summed E-state index contributed by atoms with van der Waals surface area (Å²) in [6, 6.07) is 16.8. The van der Waals surface area contributed by atoms with Gasteiger partial charge in [-0.3, -0.25) is 4.99 Å². The normalized spacial score (nSPS) is 11.4. The van der Waals surface area contributed by atoms with E-state index in [9.17, 15) is 0 Å². The molecule has 21 heavy (non-hydrogen) atoms. The van der Waals surface area contributed by atoms with Crippen LogP contribution >= 0.6 is 0 Å². The van der Waals surface area contributed by atoms with Gasteiger partial charge in [0.25, 0.3) is 0 Å². The molecule has 2 rings (SSSR count). The minimum atomic E-state index is 0.462. The minimum Gasteiger partial charge on any atom is -0.370 e. The number of hydrogen-bond donors (Lipinski definition) is 2. The Labute approximate surface area is 126 Å². The molecule has 0 fully saturated rings. The maximum absolute atomic E-state index is 5.89. The van der Waals surface area contributed by atoms with Crippen LogP contribution in [-0.2, 0) is 12.8 Å². The number of guanidine groups is 1. The number of nitrogens with zero attached hydrogens (tertiary/aromatic N) is 1. The molecular weight excluding hydrogens is 258 g/mol. The number of benzene rings is 2. The van der Waals surface area contributed by atoms with Crippen LogP contribution in [0.3, 0.4) is 0 Å². The SMILES string of the molecule is CCc1ccc(CCN=C(N)Nc2ccc(C)cc2)cc1. The van der Waals surface area contributed by atoms with Crippen molar-refractivity contribution in [2.45, 2.75) is 26.7 Å². The molecule has 110 valence electrons. The zero-order chi connectivity index (χ0) is 15.1. The maximum atomic E-state index is 5.89. The first-order valence-corrected chi connectivity index (χ1v) is 7.39. The van der Waals surface area contributed by atoms with Crippen molar-refractivity contribution in [1.29, 1.82) is 0 Å². The molecule has 2 aromatic carbocycles. The molecule has 2 aromatic rings. The van der Waals surface area contributed by atoms with Crippen molar-refractivity contribution in [2.75, 3.05) is 11.9 Å². The number of aliphatic imine (C=N–C) groups is 1. The number of aryl methyl sites for hydroxylation is 2. The van der Waals surface area contributed by atoms with E-state index in [2.05, 4.69) is 48.4 Å². The topological polar surface area (TPSA) is 50.4 Å². The minimum absolute atomic E-state index is 0.462. The van der Waals surface area contributed by atoms with Gasteiger partial charge in [0.15, 0.2) is 5.96 Å². The largest absolute Gasteiger partial charge is 0.370 e. The van der Waals surface area contributed by atoms with Crippen LogP contribution in [-0.4, -0.2) is 12.5 Å². The number of hydrogen-bond acceptors (Lipinski definition) is 1. The summed E-state index contributed by atoms with van der Waals surface area (Å²) >= 11 is 0. The van der Waals surface area contributed by atoms with Gasteiger partial charge in [0.1, 0.15) is 0 Å². The second-order valence-electron chi connectivity index (χ2n) is 5.18. The zero-order valence-electron chi connectivity index (χ0n) is 12.8. The van der Waals surface area contributed by atoms with Crippen LogP contribution in [0, 0.1) is 6.92 Å². The second-order valence-corrected chi connectivity index (χ2v) is 5.18. The van der Waals surface area contributed by atoms with E-state index in [1.807, 2.05) is 24.3 Å². The highest BCUT2D eigenvalue weighted by Crippen LogP contribution is 2.08. The Morgan fingerprint density at radius 2 is 1.62 bits per heavy atom. The molecule has 0 atom stereocenters. The monoisotopic (exact) mass is 281 g/mol. The lowest BCUT2D eigenvalue weighted by molar-refractivity contribution is 0.961. The van der Waals surface area contributed by atoms with E-state index in [1.54, 1.807) is 0 Å². The summed E-state index contributed by atoms with van der Waals surface area (Å²) < 4.78 is 0. The van der Waals surface area contributed by atoms with E-state index in [-0.39, 0.29) is 0 Å². The van der Waals surface area contributed by atoms with E-state index in [1.165, 1.54) is 16.7 Å². The molecule has 0 bridgehead atoms. The van der Waals surface area contributed by atoms with E-state index in [0.29, 0.717) is 12.5 Å². The highest BCUT2D eigenvalue weighted by atomic mass is 15.1. The van der Waals surface area contributed by atoms with E-state index < -0.39 is 0 Å². The summed E-state index contributed by atoms with van der Waals surface area (Å²) in [6.07, 6.45) is 1.98. The van der Waals surface area contributed by atoms with Gasteiger partial charge in [0, 0.05) is 12.2 Å². The summed E-state index contributed by atoms with van der Waals surface area (Å²) in [5, 5.41) is 3.10. The molecule has 0 radical (unpaired) electrons. The molecule has 0 saturated carbocycles. The van der Waals surface area contributed by atoms with Gasteiger partial charge in [-0.05, 0) is 43.0 Å². The summed E-state index contributed by atoms with van der Waals surface area (Å²) in [4.78, 5) is 4.36. The Hall–Kier alpha value is -2.29. The number of nitrogens with two attached hydrogens (primary N) is 1. The van der Waals surface area contributed by atoms with Gasteiger partial charge in [-0.25, -0.2) is 0 Å². The second kappa shape index (κ2) is 7.48. The Morgan fingerprint density at radius 3 is 2.24 bits per heavy atom. The van der Waals surface area contributed by atoms with Crippen molar-refractivity contribution in [3.63, 3.8) is 0 Å². The van der Waals surface area contributed by atoms with E-state index >= 15 is 0 Å². The van der Waals surface area contributed by atoms with Crippen LogP contribution in [0.5, 0.6) is 0 Å². The quantitative estimate of drug-likeness (QED) is 0.650. The van der Waals surface area contributed by atoms with Crippen molar-refractivity contribution in [2.24, 2.45) is 10.7 Å². The Morgan fingerprint density at radius 1 is 1.00 bits per heavy atom. The Kier molecular flexibility index (Phi) is 5.38. The van der Waals surface area contributed by atoms with Gasteiger partial charge in [-0.15, -0.1) is 0 Å². The highest BCUT2D eigenvalue weighted by Gasteiger charge is 1.96. The molecule has 3 heteroatoms. The first kappa shape index (κ1) is 15.1. The van der Waals surface area contributed by atoms with E-state index in [0.717, 1.165) is 18.5 Å². The van der Waals surface area contributed by atoms with Crippen molar-refractivity contribution in [3.8, 4) is 0 Å². The van der Waals surface area contributed by atoms with Gasteiger partial charge < -0.3 is 11.1 Å². The van der Waals surface area contributed by atoms with Crippen molar-refractivity contribution in [3.05, 3.63) is 65.2 Å². The first-order chi connectivity index (χ1) is 10.2. The smallest absolute Gasteiger partial charge is 0.193 e. The van der Waals surface area contributed by atoms with Crippen molar-refractivity contribution >= 4 is 11.6 Å². The third-order valence-electron chi connectivity index (χ3n) is 3.44. The van der Waals surface area contributed by atoms with Crippen molar-refractivity contribution in [1.82, 2.24) is 0 Å². The van der Waals surface area contributed by atoms with Crippen LogP contribution < -0.4 is 11.1 Å². The fourth-order valence-corrected chi connectivity index (χ4v) is 2.07. The summed E-state index contributed by atoms with van der Waals surface area (Å²) in [5.74, 6) is 0.462. The molecule has 0 aliphatic carbocycles. The molecule has 0 spiro atoms. The lowest BCUT2D eigenvalue weighted by Gasteiger charge is -2.06. The average molecular weight is 281 g/mol. The fourth-order valence-electron chi connectivity index (χ4n) is 2.07. The Bertz CT molecular complexity index is 583. The fraction of sp³-hybridized carbons (Fsp3) is 0.278. The molecule has 0 aliphatic rings. The van der Waals surface area contributed by atoms with Crippen LogP contribution in [0.4, 0.5) is 5.69 Å². The summed E-state index contributed by atoms with van der Waals surface area (Å²) in [5.41, 5.74) is 10.7. The Balaban J connectivity index is 1.83. The van der Waals surface area contributed by atoms with E-state index in [4.69, 9.17) is 5.73 Å². The molecule has 3 nitrogen and oxygen atoms in total. The summed E-state index contributed by atoms with van der Waals surface area (Å²) in [6.45, 7) is 4.91. The van der Waals surface area contributed by atoms with Crippen molar-refractivity contribution < 1.29 is 0 Å². The lowest BCUT2D eigenvalue weighted by Crippen LogP contribution is -2.23. The van der Waals surface area contributed by atoms with Gasteiger partial charge in [0.2, 0.25) is 0 Å². The molecule has 0 heterocycles. The van der Waals surface area contributed by atoms with Gasteiger partial charge in [-0.2, -0.15) is 0 Å². The molecule has 0 aromatic heterocycles. The lowest BCUT2D eigenvalue weighted by atomic mass is 10.1. The molecule has 0 saturated heterocycles. The van der Waals surface area contributed by atoms with Crippen LogP contribution in [0.1, 0.15) is 23.6 Å². The predicted molar refractivity (Wildman–Crippen MR) is 90.8 cm³/mol. The van der Waals surface area contributed by atoms with Crippen LogP contribution in [0.2, 0.25) is 0 Å². The average Bonchev–Trinajstić information content (AvgIpc) is 2.50. The molecule has 0 aliphatic heterocycles. The molecule has 3 N–H and O–H groups in total. The number of anilines is 1. The first-order valence-electron chi connectivity index (χ1n) is 7.39. The van der Waals surface area contributed by atoms with Crippen LogP contribution in [0.15, 0.2) is 53.5 Å². The zero-order valence-corrected chi connectivity index (χ0v) is 12.8. The van der Waals surface area contributed by atoms with Gasteiger partial charge in [0.05, 0.1) is 0 Å². The number of rotatable bonds is 5. The standard InChI is InChI=1S/C18H23N3/c1-3-15-6-8-16(9-7-15)12-13-20-18(19)21-17-10-4-14(2)5-11-17/h4-11H,3,12-13H2,1-2H3,(H3,19,20,21). The van der Waals surface area contributed by atoms with Gasteiger partial charge >= 0.3 is 0 Å². The number of nitrogens with one attached hydrogen (secondary N) is 1. The third-order valence-corrected chi connectivity index (χ3v) is 3.44. The van der Waals surface area contributed by atoms with Crippen LogP contribution in [0.25, 0.3) is 0 Å². The highest BCUT2D eigenvalue weighted by molar-refractivity contribution is 5.92. The molecule has 0 unspecified atom stereocenters. The maximum Gasteiger partial charge on any atom is 0.193 e. The van der Waals surface area contributed by atoms with Gasteiger partial charge in [-0.1, -0.05) is 48.9 Å². The third kappa shape index (κ3) is 4.95. The molecular formula is C18H23N3. The summed E-state index contributed by atoms with van der Waals surface area (Å²) in [7, 11) is 0. The predicted octanol–water partition coefficient (Wildman–Crippen LogP) is 3.53.